The highest BCUT2D eigenvalue weighted by molar-refractivity contribution is 7.99. The summed E-state index contributed by atoms with van der Waals surface area (Å²) in [7, 11) is 0. The van der Waals surface area contributed by atoms with Gasteiger partial charge in [0, 0.05) is 30.0 Å². The molecule has 0 aromatic carbocycles. The Morgan fingerprint density at radius 1 is 1.21 bits per heavy atom. The molecule has 0 aromatic rings. The van der Waals surface area contributed by atoms with E-state index in [-0.39, 0.29) is 17.2 Å². The van der Waals surface area contributed by atoms with Crippen LogP contribution in [0.2, 0.25) is 0 Å². The number of carbonyl (C=O) groups is 2. The first-order valence-electron chi connectivity index (χ1n) is 7.20. The predicted molar refractivity (Wildman–Crippen MR) is 78.1 cm³/mol. The Hall–Kier alpha value is -0.710. The van der Waals surface area contributed by atoms with Gasteiger partial charge in [0.25, 0.3) is 0 Å². The van der Waals surface area contributed by atoms with E-state index in [1.165, 1.54) is 0 Å². The second-order valence-electron chi connectivity index (χ2n) is 5.90. The molecule has 2 fully saturated rings. The van der Waals surface area contributed by atoms with E-state index in [0.717, 1.165) is 50.3 Å². The maximum atomic E-state index is 12.3. The van der Waals surface area contributed by atoms with Gasteiger partial charge >= 0.3 is 0 Å². The van der Waals surface area contributed by atoms with Crippen molar-refractivity contribution in [2.75, 3.05) is 24.6 Å². The molecule has 1 aliphatic heterocycles. The SMILES string of the molecule is C[C@@H](NC(=O)C1(C)CCCC1)C(=O)N1CCSCC1. The third kappa shape index (κ3) is 3.44. The summed E-state index contributed by atoms with van der Waals surface area (Å²) >= 11 is 1.88. The number of nitrogens with one attached hydrogen (secondary N) is 1. The molecule has 0 radical (unpaired) electrons. The molecule has 108 valence electrons. The van der Waals surface area contributed by atoms with Crippen molar-refractivity contribution in [3.05, 3.63) is 0 Å². The van der Waals surface area contributed by atoms with E-state index in [4.69, 9.17) is 0 Å². The minimum absolute atomic E-state index is 0.0530. The van der Waals surface area contributed by atoms with Crippen LogP contribution in [0.15, 0.2) is 0 Å². The number of carbonyl (C=O) groups excluding carboxylic acids is 2. The number of nitrogens with zero attached hydrogens (tertiary/aromatic N) is 1. The molecule has 0 aromatic heterocycles. The highest BCUT2D eigenvalue weighted by Crippen LogP contribution is 2.37. The van der Waals surface area contributed by atoms with Crippen LogP contribution in [0.4, 0.5) is 0 Å². The predicted octanol–water partition coefficient (Wildman–Crippen LogP) is 1.65. The van der Waals surface area contributed by atoms with Crippen molar-refractivity contribution in [3.63, 3.8) is 0 Å². The number of amides is 2. The molecular weight excluding hydrogens is 260 g/mol. The zero-order valence-electron chi connectivity index (χ0n) is 11.9. The summed E-state index contributed by atoms with van der Waals surface area (Å²) in [5.41, 5.74) is -0.258. The first-order chi connectivity index (χ1) is 9.03. The van der Waals surface area contributed by atoms with Crippen molar-refractivity contribution in [2.45, 2.75) is 45.6 Å². The quantitative estimate of drug-likeness (QED) is 0.857. The molecule has 0 bridgehead atoms. The largest absolute Gasteiger partial charge is 0.344 e. The maximum absolute atomic E-state index is 12.3. The van der Waals surface area contributed by atoms with Gasteiger partial charge in [-0.05, 0) is 19.8 Å². The van der Waals surface area contributed by atoms with Crippen LogP contribution < -0.4 is 5.32 Å². The number of hydrogen-bond acceptors (Lipinski definition) is 3. The van der Waals surface area contributed by atoms with Gasteiger partial charge in [0.05, 0.1) is 0 Å². The summed E-state index contributed by atoms with van der Waals surface area (Å²) in [4.78, 5) is 26.4. The normalized spacial score (nSPS) is 24.0. The van der Waals surface area contributed by atoms with Crippen LogP contribution in [0, 0.1) is 5.41 Å². The highest BCUT2D eigenvalue weighted by Gasteiger charge is 2.37. The van der Waals surface area contributed by atoms with Crippen LogP contribution in [0.1, 0.15) is 39.5 Å². The number of hydrogen-bond donors (Lipinski definition) is 1. The maximum Gasteiger partial charge on any atom is 0.244 e. The van der Waals surface area contributed by atoms with Crippen molar-refractivity contribution < 1.29 is 9.59 Å². The molecule has 2 aliphatic rings. The van der Waals surface area contributed by atoms with E-state index in [0.29, 0.717) is 0 Å². The van der Waals surface area contributed by atoms with E-state index >= 15 is 0 Å². The van der Waals surface area contributed by atoms with Gasteiger partial charge in [-0.1, -0.05) is 19.8 Å². The van der Waals surface area contributed by atoms with Crippen LogP contribution in [-0.2, 0) is 9.59 Å². The molecule has 1 N–H and O–H groups in total. The molecule has 4 nitrogen and oxygen atoms in total. The van der Waals surface area contributed by atoms with Gasteiger partial charge in [0.15, 0.2) is 0 Å². The molecular formula is C14H24N2O2S. The first kappa shape index (κ1) is 14.7. The van der Waals surface area contributed by atoms with Crippen LogP contribution in [-0.4, -0.2) is 47.4 Å². The van der Waals surface area contributed by atoms with Gasteiger partial charge in [-0.25, -0.2) is 0 Å². The number of thioether (sulfide) groups is 1. The summed E-state index contributed by atoms with van der Waals surface area (Å²) in [6.07, 6.45) is 4.13. The van der Waals surface area contributed by atoms with Crippen LogP contribution >= 0.6 is 11.8 Å². The monoisotopic (exact) mass is 284 g/mol. The zero-order chi connectivity index (χ0) is 13.9. The summed E-state index contributed by atoms with van der Waals surface area (Å²) in [5.74, 6) is 2.13. The minimum atomic E-state index is -0.395. The van der Waals surface area contributed by atoms with Gasteiger partial charge in [-0.2, -0.15) is 11.8 Å². The summed E-state index contributed by atoms with van der Waals surface area (Å²) < 4.78 is 0. The first-order valence-corrected chi connectivity index (χ1v) is 8.36. The molecule has 1 aliphatic carbocycles. The highest BCUT2D eigenvalue weighted by atomic mass is 32.2. The molecule has 2 amide bonds. The molecule has 1 saturated heterocycles. The van der Waals surface area contributed by atoms with E-state index in [1.807, 2.05) is 23.6 Å². The molecule has 1 saturated carbocycles. The van der Waals surface area contributed by atoms with Gasteiger partial charge in [0.1, 0.15) is 6.04 Å². The van der Waals surface area contributed by atoms with Gasteiger partial charge in [0.2, 0.25) is 11.8 Å². The van der Waals surface area contributed by atoms with E-state index in [9.17, 15) is 9.59 Å². The zero-order valence-corrected chi connectivity index (χ0v) is 12.7. The second kappa shape index (κ2) is 6.16. The fraction of sp³-hybridized carbons (Fsp3) is 0.857. The Bertz CT molecular complexity index is 347. The fourth-order valence-corrected chi connectivity index (χ4v) is 3.78. The summed E-state index contributed by atoms with van der Waals surface area (Å²) in [6, 6.07) is -0.395. The lowest BCUT2D eigenvalue weighted by Gasteiger charge is -2.31. The minimum Gasteiger partial charge on any atom is -0.344 e. The molecule has 19 heavy (non-hydrogen) atoms. The van der Waals surface area contributed by atoms with E-state index < -0.39 is 6.04 Å². The standard InChI is InChI=1S/C14H24N2O2S/c1-11(12(17)16-7-9-19-10-8-16)15-13(18)14(2)5-3-4-6-14/h11H,3-10H2,1-2H3,(H,15,18)/t11-/m1/s1. The van der Waals surface area contributed by atoms with Crippen molar-refractivity contribution in [1.82, 2.24) is 10.2 Å². The Morgan fingerprint density at radius 3 is 2.37 bits per heavy atom. The third-order valence-corrected chi connectivity index (χ3v) is 5.24. The van der Waals surface area contributed by atoms with E-state index in [1.54, 1.807) is 6.92 Å². The third-order valence-electron chi connectivity index (χ3n) is 4.30. The van der Waals surface area contributed by atoms with Gasteiger partial charge in [-0.3, -0.25) is 9.59 Å². The molecule has 2 rings (SSSR count). The lowest BCUT2D eigenvalue weighted by atomic mass is 9.87. The van der Waals surface area contributed by atoms with Crippen LogP contribution in [0.25, 0.3) is 0 Å². The Labute approximate surface area is 119 Å². The Balaban J connectivity index is 1.87. The Morgan fingerprint density at radius 2 is 1.79 bits per heavy atom. The van der Waals surface area contributed by atoms with Crippen molar-refractivity contribution in [3.8, 4) is 0 Å². The van der Waals surface area contributed by atoms with Gasteiger partial charge in [-0.15, -0.1) is 0 Å². The molecule has 0 unspecified atom stereocenters. The van der Waals surface area contributed by atoms with Crippen molar-refractivity contribution in [2.24, 2.45) is 5.41 Å². The lowest BCUT2D eigenvalue weighted by Crippen LogP contribution is -2.51. The van der Waals surface area contributed by atoms with Crippen molar-refractivity contribution >= 4 is 23.6 Å². The second-order valence-corrected chi connectivity index (χ2v) is 7.13. The Kier molecular flexibility index (Phi) is 4.76. The molecule has 1 atom stereocenters. The van der Waals surface area contributed by atoms with Crippen LogP contribution in [0.5, 0.6) is 0 Å². The summed E-state index contributed by atoms with van der Waals surface area (Å²) in [6.45, 7) is 5.44. The lowest BCUT2D eigenvalue weighted by molar-refractivity contribution is -0.138. The summed E-state index contributed by atoms with van der Waals surface area (Å²) in [5, 5.41) is 2.92. The van der Waals surface area contributed by atoms with E-state index in [2.05, 4.69) is 5.32 Å². The topological polar surface area (TPSA) is 49.4 Å². The average molecular weight is 284 g/mol. The fourth-order valence-electron chi connectivity index (χ4n) is 2.87. The molecule has 0 spiro atoms. The van der Waals surface area contributed by atoms with Crippen LogP contribution in [0.3, 0.4) is 0 Å². The number of rotatable bonds is 3. The van der Waals surface area contributed by atoms with Crippen molar-refractivity contribution in [1.29, 1.82) is 0 Å². The van der Waals surface area contributed by atoms with Gasteiger partial charge < -0.3 is 10.2 Å². The molecule has 1 heterocycles. The smallest absolute Gasteiger partial charge is 0.244 e. The molecule has 5 heteroatoms. The average Bonchev–Trinajstić information content (AvgIpc) is 2.87.